The molecular weight excluding hydrogens is 284 g/mol. The lowest BCUT2D eigenvalue weighted by molar-refractivity contribution is 0.104. The third-order valence-electron chi connectivity index (χ3n) is 3.99. The Morgan fingerprint density at radius 1 is 0.700 bits per heavy atom. The van der Waals surface area contributed by atoms with Crippen molar-refractivity contribution in [1.29, 1.82) is 0 Å². The van der Waals surface area contributed by atoms with Crippen molar-refractivity contribution in [1.82, 2.24) is 0 Å². The first-order valence-corrected chi connectivity index (χ1v) is 8.16. The zero-order chi connectivity index (χ0) is 13.3. The van der Waals surface area contributed by atoms with Crippen molar-refractivity contribution in [3.63, 3.8) is 0 Å². The fraction of sp³-hybridized carbons (Fsp3) is 0. The minimum atomic E-state index is 0.179. The van der Waals surface area contributed by atoms with E-state index in [9.17, 15) is 4.79 Å². The number of hydrogen-bond donors (Lipinski definition) is 0. The number of fused-ring (bicyclic) bond motifs is 8. The van der Waals surface area contributed by atoms with Gasteiger partial charge in [-0.05, 0) is 28.5 Å². The standard InChI is InChI=1S/C17H8OS2/c18-15-10-4-2-1-3-9(10)13-14(15)17-12(6-8-20-17)11-5-7-19-16(11)13/h1-8H. The molecule has 94 valence electrons. The molecule has 2 heterocycles. The van der Waals surface area contributed by atoms with Crippen molar-refractivity contribution in [2.45, 2.75) is 0 Å². The van der Waals surface area contributed by atoms with Gasteiger partial charge in [-0.15, -0.1) is 22.7 Å². The number of hydrogen-bond acceptors (Lipinski definition) is 3. The summed E-state index contributed by atoms with van der Waals surface area (Å²) in [6.07, 6.45) is 0. The van der Waals surface area contributed by atoms with Crippen molar-refractivity contribution >= 4 is 48.6 Å². The summed E-state index contributed by atoms with van der Waals surface area (Å²) in [5.41, 5.74) is 3.99. The van der Waals surface area contributed by atoms with Gasteiger partial charge in [0.15, 0.2) is 5.78 Å². The lowest BCUT2D eigenvalue weighted by Crippen LogP contribution is -1.94. The average Bonchev–Trinajstić information content (AvgIpc) is 3.16. The van der Waals surface area contributed by atoms with Gasteiger partial charge in [0.05, 0.1) is 0 Å². The van der Waals surface area contributed by atoms with Crippen molar-refractivity contribution in [2.75, 3.05) is 0 Å². The number of ketones is 1. The van der Waals surface area contributed by atoms with E-state index in [1.54, 1.807) is 22.7 Å². The minimum Gasteiger partial charge on any atom is -0.289 e. The van der Waals surface area contributed by atoms with E-state index < -0.39 is 0 Å². The van der Waals surface area contributed by atoms with Crippen LogP contribution in [0.25, 0.3) is 31.3 Å². The van der Waals surface area contributed by atoms with E-state index in [-0.39, 0.29) is 5.78 Å². The largest absolute Gasteiger partial charge is 0.289 e. The van der Waals surface area contributed by atoms with Crippen LogP contribution in [0.3, 0.4) is 0 Å². The maximum absolute atomic E-state index is 12.8. The molecule has 4 aromatic rings. The van der Waals surface area contributed by atoms with Crippen molar-refractivity contribution in [2.24, 2.45) is 0 Å². The summed E-state index contributed by atoms with van der Waals surface area (Å²) >= 11 is 3.40. The Hall–Kier alpha value is -1.97. The van der Waals surface area contributed by atoms with Crippen LogP contribution in [0.15, 0.2) is 47.2 Å². The summed E-state index contributed by atoms with van der Waals surface area (Å²) in [5.74, 6) is 0.179. The molecule has 0 amide bonds. The van der Waals surface area contributed by atoms with E-state index in [1.165, 1.54) is 15.5 Å². The van der Waals surface area contributed by atoms with E-state index in [2.05, 4.69) is 29.0 Å². The third kappa shape index (κ3) is 1.11. The summed E-state index contributed by atoms with van der Waals surface area (Å²) in [5, 5.41) is 6.69. The van der Waals surface area contributed by atoms with Crippen LogP contribution in [-0.4, -0.2) is 5.78 Å². The van der Waals surface area contributed by atoms with E-state index in [1.807, 2.05) is 18.2 Å². The van der Waals surface area contributed by atoms with Crippen LogP contribution in [0.5, 0.6) is 0 Å². The molecule has 0 bridgehead atoms. The first-order valence-electron chi connectivity index (χ1n) is 6.41. The van der Waals surface area contributed by atoms with Gasteiger partial charge in [0.25, 0.3) is 0 Å². The third-order valence-corrected chi connectivity index (χ3v) is 5.86. The molecule has 1 aliphatic rings. The Morgan fingerprint density at radius 3 is 2.00 bits per heavy atom. The highest BCUT2D eigenvalue weighted by Crippen LogP contribution is 2.48. The number of benzene rings is 2. The van der Waals surface area contributed by atoms with Crippen LogP contribution in [-0.2, 0) is 0 Å². The molecule has 0 spiro atoms. The van der Waals surface area contributed by atoms with E-state index in [0.717, 1.165) is 27.0 Å². The Morgan fingerprint density at radius 2 is 1.30 bits per heavy atom. The molecule has 3 heteroatoms. The minimum absolute atomic E-state index is 0.179. The molecule has 2 aromatic carbocycles. The van der Waals surface area contributed by atoms with E-state index in [0.29, 0.717) is 0 Å². The molecule has 0 radical (unpaired) electrons. The molecule has 0 atom stereocenters. The van der Waals surface area contributed by atoms with Gasteiger partial charge in [-0.2, -0.15) is 0 Å². The molecule has 2 aromatic heterocycles. The quantitative estimate of drug-likeness (QED) is 0.377. The Balaban J connectivity index is 2.14. The summed E-state index contributed by atoms with van der Waals surface area (Å²) < 4.78 is 2.37. The van der Waals surface area contributed by atoms with Gasteiger partial charge < -0.3 is 0 Å². The molecular formula is C17H8OS2. The summed E-state index contributed by atoms with van der Waals surface area (Å²) in [7, 11) is 0. The normalized spacial score (nSPS) is 13.1. The Bertz CT molecular complexity index is 1020. The number of carbonyl (C=O) groups is 1. The van der Waals surface area contributed by atoms with Gasteiger partial charge in [-0.3, -0.25) is 4.79 Å². The molecule has 0 saturated carbocycles. The topological polar surface area (TPSA) is 17.1 Å². The van der Waals surface area contributed by atoms with Gasteiger partial charge in [-0.1, -0.05) is 24.3 Å². The van der Waals surface area contributed by atoms with E-state index in [4.69, 9.17) is 0 Å². The Labute approximate surface area is 123 Å². The number of carbonyl (C=O) groups excluding carboxylic acids is 1. The van der Waals surface area contributed by atoms with Crippen molar-refractivity contribution in [3.05, 3.63) is 58.3 Å². The second-order valence-electron chi connectivity index (χ2n) is 4.95. The second kappa shape index (κ2) is 3.57. The molecule has 0 fully saturated rings. The molecule has 0 N–H and O–H groups in total. The SMILES string of the molecule is O=C1c2ccccc2-c2c1c1sccc1c1ccsc21. The maximum atomic E-state index is 12.8. The van der Waals surface area contributed by atoms with Crippen LogP contribution >= 0.6 is 22.7 Å². The van der Waals surface area contributed by atoms with E-state index >= 15 is 0 Å². The van der Waals surface area contributed by atoms with Gasteiger partial charge >= 0.3 is 0 Å². The smallest absolute Gasteiger partial charge is 0.195 e. The average molecular weight is 292 g/mol. The molecule has 20 heavy (non-hydrogen) atoms. The molecule has 0 unspecified atom stereocenters. The van der Waals surface area contributed by atoms with Crippen LogP contribution in [0.1, 0.15) is 15.9 Å². The molecule has 5 rings (SSSR count). The van der Waals surface area contributed by atoms with Gasteiger partial charge in [0.2, 0.25) is 0 Å². The Kier molecular flexibility index (Phi) is 1.92. The van der Waals surface area contributed by atoms with Crippen LogP contribution in [0, 0.1) is 0 Å². The monoisotopic (exact) mass is 292 g/mol. The summed E-state index contributed by atoms with van der Waals surface area (Å²) in [6, 6.07) is 12.3. The van der Waals surface area contributed by atoms with Crippen LogP contribution < -0.4 is 0 Å². The fourth-order valence-corrected chi connectivity index (χ4v) is 5.10. The molecule has 0 aliphatic heterocycles. The highest BCUT2D eigenvalue weighted by atomic mass is 32.1. The van der Waals surface area contributed by atoms with Gasteiger partial charge in [-0.25, -0.2) is 0 Å². The maximum Gasteiger partial charge on any atom is 0.195 e. The fourth-order valence-electron chi connectivity index (χ4n) is 3.16. The molecule has 0 saturated heterocycles. The molecule has 1 nitrogen and oxygen atoms in total. The van der Waals surface area contributed by atoms with Gasteiger partial charge in [0.1, 0.15) is 0 Å². The van der Waals surface area contributed by atoms with Crippen molar-refractivity contribution in [3.8, 4) is 11.1 Å². The first-order chi connectivity index (χ1) is 9.86. The van der Waals surface area contributed by atoms with Crippen LogP contribution in [0.4, 0.5) is 0 Å². The lowest BCUT2D eigenvalue weighted by Gasteiger charge is -2.04. The highest BCUT2D eigenvalue weighted by molar-refractivity contribution is 7.20. The first kappa shape index (κ1) is 10.8. The van der Waals surface area contributed by atoms with Crippen molar-refractivity contribution < 1.29 is 4.79 Å². The predicted octanol–water partition coefficient (Wildman–Crippen LogP) is 5.33. The highest BCUT2D eigenvalue weighted by Gasteiger charge is 2.31. The second-order valence-corrected chi connectivity index (χ2v) is 6.78. The summed E-state index contributed by atoms with van der Waals surface area (Å²) in [6.45, 7) is 0. The van der Waals surface area contributed by atoms with Gasteiger partial charge in [0, 0.05) is 36.9 Å². The van der Waals surface area contributed by atoms with Crippen LogP contribution in [0.2, 0.25) is 0 Å². The summed E-state index contributed by atoms with van der Waals surface area (Å²) in [4.78, 5) is 12.8. The number of thiophene rings is 2. The predicted molar refractivity (Wildman–Crippen MR) is 86.1 cm³/mol. The zero-order valence-corrected chi connectivity index (χ0v) is 12.0. The zero-order valence-electron chi connectivity index (χ0n) is 10.3. The number of rotatable bonds is 0. The lowest BCUT2D eigenvalue weighted by atomic mass is 10.0. The molecule has 1 aliphatic carbocycles.